The molecule has 0 aliphatic carbocycles. The SMILES string of the molecule is CN(C)C(=O)c1ccc(OS(=O)(=O)C(F)(F)F)cc1. The summed E-state index contributed by atoms with van der Waals surface area (Å²) in [5.41, 5.74) is -5.30. The summed E-state index contributed by atoms with van der Waals surface area (Å²) in [6.45, 7) is 0. The highest BCUT2D eigenvalue weighted by Crippen LogP contribution is 2.27. The number of halogens is 3. The maximum Gasteiger partial charge on any atom is 0.534 e. The molecule has 0 bridgehead atoms. The summed E-state index contributed by atoms with van der Waals surface area (Å²) in [4.78, 5) is 12.8. The number of amides is 1. The van der Waals surface area contributed by atoms with E-state index < -0.39 is 21.4 Å². The fourth-order valence-electron chi connectivity index (χ4n) is 1.09. The fraction of sp³-hybridized carbons (Fsp3) is 0.300. The summed E-state index contributed by atoms with van der Waals surface area (Å²) in [7, 11) is -2.69. The van der Waals surface area contributed by atoms with Gasteiger partial charge in [-0.25, -0.2) is 0 Å². The molecule has 0 fully saturated rings. The van der Waals surface area contributed by atoms with Gasteiger partial charge in [0.1, 0.15) is 5.75 Å². The summed E-state index contributed by atoms with van der Waals surface area (Å²) in [5.74, 6) is -0.891. The van der Waals surface area contributed by atoms with Crippen LogP contribution in [0.25, 0.3) is 0 Å². The lowest BCUT2D eigenvalue weighted by atomic mass is 10.2. The molecule has 0 N–H and O–H groups in total. The molecular formula is C10H10F3NO4S. The van der Waals surface area contributed by atoms with Gasteiger partial charge in [-0.2, -0.15) is 21.6 Å². The Morgan fingerprint density at radius 3 is 2.00 bits per heavy atom. The minimum absolute atomic E-state index is 0.196. The normalized spacial score (nSPS) is 12.1. The molecule has 1 amide bonds. The standard InChI is InChI=1S/C10H10F3NO4S/c1-14(2)9(15)7-3-5-8(6-4-7)18-19(16,17)10(11,12)13/h3-6H,1-2H3. The van der Waals surface area contributed by atoms with Crippen LogP contribution in [0.2, 0.25) is 0 Å². The van der Waals surface area contributed by atoms with Crippen LogP contribution in [0, 0.1) is 0 Å². The van der Waals surface area contributed by atoms with Crippen LogP contribution in [0.5, 0.6) is 5.75 Å². The molecule has 0 spiro atoms. The van der Waals surface area contributed by atoms with Crippen LogP contribution in [0.1, 0.15) is 10.4 Å². The van der Waals surface area contributed by atoms with Gasteiger partial charge in [0.05, 0.1) is 0 Å². The Morgan fingerprint density at radius 1 is 1.16 bits per heavy atom. The zero-order valence-electron chi connectivity index (χ0n) is 9.93. The number of nitrogens with zero attached hydrogens (tertiary/aromatic N) is 1. The van der Waals surface area contributed by atoms with Crippen molar-refractivity contribution in [3.63, 3.8) is 0 Å². The molecule has 0 heterocycles. The van der Waals surface area contributed by atoms with Crippen LogP contribution >= 0.6 is 0 Å². The highest BCUT2D eigenvalue weighted by Gasteiger charge is 2.48. The second kappa shape index (κ2) is 5.08. The van der Waals surface area contributed by atoms with Crippen LogP contribution in [0.3, 0.4) is 0 Å². The smallest absolute Gasteiger partial charge is 0.376 e. The molecule has 1 aromatic carbocycles. The van der Waals surface area contributed by atoms with E-state index in [2.05, 4.69) is 4.18 Å². The van der Waals surface area contributed by atoms with Crippen molar-refractivity contribution in [2.45, 2.75) is 5.51 Å². The largest absolute Gasteiger partial charge is 0.534 e. The number of hydrogen-bond acceptors (Lipinski definition) is 4. The number of hydrogen-bond donors (Lipinski definition) is 0. The lowest BCUT2D eigenvalue weighted by Crippen LogP contribution is -2.28. The van der Waals surface area contributed by atoms with E-state index in [0.29, 0.717) is 0 Å². The van der Waals surface area contributed by atoms with E-state index in [4.69, 9.17) is 0 Å². The van der Waals surface area contributed by atoms with Gasteiger partial charge in [0.15, 0.2) is 0 Å². The highest BCUT2D eigenvalue weighted by molar-refractivity contribution is 7.87. The lowest BCUT2D eigenvalue weighted by Gasteiger charge is -2.11. The van der Waals surface area contributed by atoms with Crippen molar-refractivity contribution in [3.8, 4) is 5.75 Å². The van der Waals surface area contributed by atoms with Crippen molar-refractivity contribution in [1.29, 1.82) is 0 Å². The predicted molar refractivity (Wildman–Crippen MR) is 60.1 cm³/mol. The molecular weight excluding hydrogens is 287 g/mol. The van der Waals surface area contributed by atoms with Gasteiger partial charge in [-0.05, 0) is 24.3 Å². The Kier molecular flexibility index (Phi) is 4.09. The molecule has 1 rings (SSSR count). The molecule has 0 saturated heterocycles. The van der Waals surface area contributed by atoms with Crippen LogP contribution in [0.15, 0.2) is 24.3 Å². The third kappa shape index (κ3) is 3.60. The quantitative estimate of drug-likeness (QED) is 0.628. The third-order valence-electron chi connectivity index (χ3n) is 2.00. The van der Waals surface area contributed by atoms with E-state index in [1.54, 1.807) is 0 Å². The number of carbonyl (C=O) groups excluding carboxylic acids is 1. The molecule has 9 heteroatoms. The number of rotatable bonds is 3. The molecule has 0 unspecified atom stereocenters. The molecule has 5 nitrogen and oxygen atoms in total. The Hall–Kier alpha value is -1.77. The molecule has 0 aliphatic rings. The van der Waals surface area contributed by atoms with Gasteiger partial charge in [0.2, 0.25) is 0 Å². The predicted octanol–water partition coefficient (Wildman–Crippen LogP) is 1.62. The molecule has 0 radical (unpaired) electrons. The van der Waals surface area contributed by atoms with Crippen molar-refractivity contribution >= 4 is 16.0 Å². The molecule has 19 heavy (non-hydrogen) atoms. The van der Waals surface area contributed by atoms with E-state index in [9.17, 15) is 26.4 Å². The van der Waals surface area contributed by atoms with Crippen LogP contribution in [0.4, 0.5) is 13.2 Å². The first-order chi connectivity index (χ1) is 8.54. The Bertz CT molecular complexity index is 563. The van der Waals surface area contributed by atoms with Gasteiger partial charge < -0.3 is 9.08 Å². The topological polar surface area (TPSA) is 63.7 Å². The van der Waals surface area contributed by atoms with E-state index in [-0.39, 0.29) is 11.5 Å². The molecule has 0 saturated carbocycles. The van der Waals surface area contributed by atoms with Crippen molar-refractivity contribution in [3.05, 3.63) is 29.8 Å². The average molecular weight is 297 g/mol. The monoisotopic (exact) mass is 297 g/mol. The Balaban J connectivity index is 2.93. The summed E-state index contributed by atoms with van der Waals surface area (Å²) in [6.07, 6.45) is 0. The second-order valence-corrected chi connectivity index (χ2v) is 5.24. The zero-order chi connectivity index (χ0) is 14.8. The maximum atomic E-state index is 12.1. The number of carbonyl (C=O) groups is 1. The fourth-order valence-corrected chi connectivity index (χ4v) is 1.54. The van der Waals surface area contributed by atoms with Crippen LogP contribution < -0.4 is 4.18 Å². The first-order valence-corrected chi connectivity index (χ1v) is 6.28. The molecule has 106 valence electrons. The summed E-state index contributed by atoms with van der Waals surface area (Å²) >= 11 is 0. The van der Waals surface area contributed by atoms with Gasteiger partial charge in [-0.15, -0.1) is 0 Å². The maximum absolute atomic E-state index is 12.1. The highest BCUT2D eigenvalue weighted by atomic mass is 32.2. The minimum Gasteiger partial charge on any atom is -0.376 e. The first-order valence-electron chi connectivity index (χ1n) is 4.87. The second-order valence-electron chi connectivity index (χ2n) is 3.71. The Morgan fingerprint density at radius 2 is 1.63 bits per heavy atom. The van der Waals surface area contributed by atoms with E-state index in [1.165, 1.54) is 31.1 Å². The summed E-state index contributed by atoms with van der Waals surface area (Å²) < 4.78 is 61.5. The molecule has 1 aromatic rings. The van der Waals surface area contributed by atoms with Crippen LogP contribution in [-0.4, -0.2) is 38.8 Å². The van der Waals surface area contributed by atoms with Crippen molar-refractivity contribution in [1.82, 2.24) is 4.90 Å². The number of alkyl halides is 3. The Labute approximate surface area is 107 Å². The van der Waals surface area contributed by atoms with Crippen LogP contribution in [-0.2, 0) is 10.1 Å². The average Bonchev–Trinajstić information content (AvgIpc) is 2.27. The van der Waals surface area contributed by atoms with Crippen molar-refractivity contribution in [2.24, 2.45) is 0 Å². The van der Waals surface area contributed by atoms with E-state index in [0.717, 1.165) is 12.1 Å². The van der Waals surface area contributed by atoms with Crippen molar-refractivity contribution in [2.75, 3.05) is 14.1 Å². The molecule has 0 aliphatic heterocycles. The third-order valence-corrected chi connectivity index (χ3v) is 2.98. The molecule has 0 aromatic heterocycles. The van der Waals surface area contributed by atoms with Crippen molar-refractivity contribution < 1.29 is 30.6 Å². The first kappa shape index (κ1) is 15.3. The van der Waals surface area contributed by atoms with Gasteiger partial charge in [0, 0.05) is 19.7 Å². The molecule has 0 atom stereocenters. The number of benzene rings is 1. The summed E-state index contributed by atoms with van der Waals surface area (Å²) in [5, 5.41) is 0. The summed E-state index contributed by atoms with van der Waals surface area (Å²) in [6, 6.07) is 4.28. The van der Waals surface area contributed by atoms with Gasteiger partial charge >= 0.3 is 15.6 Å². The van der Waals surface area contributed by atoms with E-state index in [1.807, 2.05) is 0 Å². The van der Waals surface area contributed by atoms with Gasteiger partial charge in [0.25, 0.3) is 5.91 Å². The lowest BCUT2D eigenvalue weighted by molar-refractivity contribution is -0.0500. The zero-order valence-corrected chi connectivity index (χ0v) is 10.7. The minimum atomic E-state index is -5.70. The van der Waals surface area contributed by atoms with E-state index >= 15 is 0 Å². The van der Waals surface area contributed by atoms with Gasteiger partial charge in [-0.3, -0.25) is 4.79 Å². The van der Waals surface area contributed by atoms with Gasteiger partial charge in [-0.1, -0.05) is 0 Å².